The van der Waals surface area contributed by atoms with Gasteiger partial charge in [0.25, 0.3) is 0 Å². The summed E-state index contributed by atoms with van der Waals surface area (Å²) in [6.45, 7) is 12.8. The monoisotopic (exact) mass is 180 g/mol. The predicted octanol–water partition coefficient (Wildman–Crippen LogP) is 2.92. The fourth-order valence-electron chi connectivity index (χ4n) is 1.56. The number of allylic oxidation sites excluding steroid dienone is 1. The standard InChI is InChI=1S/C11H20N2/c1-10(2,3)13(9-7-8-12)11(4,5)6/h7,9H,1-6H3/b9-7-. The Bertz CT molecular complexity index is 206. The van der Waals surface area contributed by atoms with E-state index in [1.807, 2.05) is 12.3 Å². The van der Waals surface area contributed by atoms with Crippen LogP contribution in [0.25, 0.3) is 0 Å². The van der Waals surface area contributed by atoms with Gasteiger partial charge in [0.15, 0.2) is 0 Å². The smallest absolute Gasteiger partial charge is 0.0927 e. The molecule has 0 saturated carbocycles. The molecule has 13 heavy (non-hydrogen) atoms. The average Bonchev–Trinajstić information content (AvgIpc) is 1.81. The first-order chi connectivity index (χ1) is 5.69. The van der Waals surface area contributed by atoms with Crippen molar-refractivity contribution in [2.75, 3.05) is 0 Å². The number of nitriles is 1. The predicted molar refractivity (Wildman–Crippen MR) is 56.1 cm³/mol. The van der Waals surface area contributed by atoms with E-state index in [0.29, 0.717) is 0 Å². The molecular weight excluding hydrogens is 160 g/mol. The van der Waals surface area contributed by atoms with Crippen molar-refractivity contribution in [1.29, 1.82) is 5.26 Å². The molecule has 0 aromatic rings. The van der Waals surface area contributed by atoms with Crippen LogP contribution in [0, 0.1) is 11.3 Å². The second-order valence-electron chi connectivity index (χ2n) is 5.16. The van der Waals surface area contributed by atoms with Crippen molar-refractivity contribution >= 4 is 0 Å². The molecule has 0 heterocycles. The van der Waals surface area contributed by atoms with Gasteiger partial charge in [-0.05, 0) is 41.5 Å². The zero-order valence-electron chi connectivity index (χ0n) is 9.55. The highest BCUT2D eigenvalue weighted by atomic mass is 15.2. The minimum Gasteiger partial charge on any atom is -0.367 e. The van der Waals surface area contributed by atoms with Crippen LogP contribution >= 0.6 is 0 Å². The van der Waals surface area contributed by atoms with Gasteiger partial charge in [0, 0.05) is 23.4 Å². The molecule has 0 N–H and O–H groups in total. The summed E-state index contributed by atoms with van der Waals surface area (Å²) >= 11 is 0. The Kier molecular flexibility index (Phi) is 3.54. The van der Waals surface area contributed by atoms with Gasteiger partial charge in [0.2, 0.25) is 0 Å². The van der Waals surface area contributed by atoms with Crippen molar-refractivity contribution < 1.29 is 0 Å². The zero-order chi connectivity index (χ0) is 10.7. The van der Waals surface area contributed by atoms with Crippen LogP contribution in [0.3, 0.4) is 0 Å². The summed E-state index contributed by atoms with van der Waals surface area (Å²) < 4.78 is 0. The molecule has 0 aromatic carbocycles. The van der Waals surface area contributed by atoms with E-state index in [4.69, 9.17) is 5.26 Å². The lowest BCUT2D eigenvalue weighted by atomic mass is 9.97. The molecular formula is C11H20N2. The van der Waals surface area contributed by atoms with Gasteiger partial charge in [-0.3, -0.25) is 0 Å². The summed E-state index contributed by atoms with van der Waals surface area (Å²) in [5.74, 6) is 0. The molecule has 0 aromatic heterocycles. The second-order valence-corrected chi connectivity index (χ2v) is 5.16. The van der Waals surface area contributed by atoms with Gasteiger partial charge in [-0.25, -0.2) is 0 Å². The molecule has 0 fully saturated rings. The molecule has 0 aliphatic rings. The molecule has 74 valence electrons. The Morgan fingerprint density at radius 1 is 1.00 bits per heavy atom. The van der Waals surface area contributed by atoms with Crippen molar-refractivity contribution in [1.82, 2.24) is 4.90 Å². The molecule has 0 saturated heterocycles. The third kappa shape index (κ3) is 3.98. The summed E-state index contributed by atoms with van der Waals surface area (Å²) in [4.78, 5) is 2.18. The Morgan fingerprint density at radius 2 is 1.38 bits per heavy atom. The van der Waals surface area contributed by atoms with Crippen LogP contribution in [0.15, 0.2) is 12.3 Å². The molecule has 2 nitrogen and oxygen atoms in total. The minimum absolute atomic E-state index is 0.0472. The third-order valence-corrected chi connectivity index (χ3v) is 1.74. The van der Waals surface area contributed by atoms with Gasteiger partial charge in [-0.2, -0.15) is 5.26 Å². The lowest BCUT2D eigenvalue weighted by Gasteiger charge is -2.44. The summed E-state index contributed by atoms with van der Waals surface area (Å²) in [6.07, 6.45) is 3.39. The summed E-state index contributed by atoms with van der Waals surface area (Å²) in [5, 5.41) is 8.48. The van der Waals surface area contributed by atoms with Crippen molar-refractivity contribution in [3.05, 3.63) is 12.3 Å². The van der Waals surface area contributed by atoms with Gasteiger partial charge >= 0.3 is 0 Å². The zero-order valence-corrected chi connectivity index (χ0v) is 9.55. The second kappa shape index (κ2) is 3.83. The minimum atomic E-state index is 0.0472. The van der Waals surface area contributed by atoms with Crippen LogP contribution in [0.4, 0.5) is 0 Å². The highest BCUT2D eigenvalue weighted by molar-refractivity contribution is 5.05. The number of rotatable bonds is 1. The van der Waals surface area contributed by atoms with Crippen molar-refractivity contribution in [3.8, 4) is 6.07 Å². The lowest BCUT2D eigenvalue weighted by molar-refractivity contribution is 0.0962. The molecule has 0 unspecified atom stereocenters. The molecule has 0 spiro atoms. The Hall–Kier alpha value is -0.970. The topological polar surface area (TPSA) is 27.0 Å². The normalized spacial score (nSPS) is 13.0. The highest BCUT2D eigenvalue weighted by Gasteiger charge is 2.28. The molecule has 0 aliphatic carbocycles. The van der Waals surface area contributed by atoms with Crippen molar-refractivity contribution in [2.45, 2.75) is 52.6 Å². The van der Waals surface area contributed by atoms with Crippen molar-refractivity contribution in [2.24, 2.45) is 0 Å². The molecule has 0 bridgehead atoms. The van der Waals surface area contributed by atoms with Crippen LogP contribution in [-0.2, 0) is 0 Å². The largest absolute Gasteiger partial charge is 0.367 e. The summed E-state index contributed by atoms with van der Waals surface area (Å²) in [6, 6.07) is 2.02. The maximum absolute atomic E-state index is 8.48. The first kappa shape index (κ1) is 12.0. The van der Waals surface area contributed by atoms with E-state index < -0.39 is 0 Å². The van der Waals surface area contributed by atoms with Crippen LogP contribution in [0.2, 0.25) is 0 Å². The first-order valence-electron chi connectivity index (χ1n) is 4.55. The summed E-state index contributed by atoms with van der Waals surface area (Å²) in [7, 11) is 0. The quantitative estimate of drug-likeness (QED) is 0.580. The van der Waals surface area contributed by atoms with Gasteiger partial charge in [0.05, 0.1) is 6.07 Å². The van der Waals surface area contributed by atoms with Crippen LogP contribution < -0.4 is 0 Å². The van der Waals surface area contributed by atoms with Crippen LogP contribution in [0.5, 0.6) is 0 Å². The molecule has 0 amide bonds. The van der Waals surface area contributed by atoms with E-state index in [0.717, 1.165) is 0 Å². The van der Waals surface area contributed by atoms with E-state index in [1.165, 1.54) is 6.08 Å². The summed E-state index contributed by atoms with van der Waals surface area (Å²) in [5.41, 5.74) is 0.0944. The maximum atomic E-state index is 8.48. The lowest BCUT2D eigenvalue weighted by Crippen LogP contribution is -2.48. The van der Waals surface area contributed by atoms with E-state index in [1.54, 1.807) is 0 Å². The number of nitrogens with zero attached hydrogens (tertiary/aromatic N) is 2. The highest BCUT2D eigenvalue weighted by Crippen LogP contribution is 2.24. The molecule has 0 radical (unpaired) electrons. The SMILES string of the molecule is CC(C)(C)N(/C=C\C#N)C(C)(C)C. The Balaban J connectivity index is 4.81. The van der Waals surface area contributed by atoms with E-state index in [2.05, 4.69) is 46.4 Å². The van der Waals surface area contributed by atoms with E-state index in [9.17, 15) is 0 Å². The Morgan fingerprint density at radius 3 is 1.62 bits per heavy atom. The first-order valence-corrected chi connectivity index (χ1v) is 4.55. The molecule has 0 aliphatic heterocycles. The van der Waals surface area contributed by atoms with Crippen LogP contribution in [0.1, 0.15) is 41.5 Å². The van der Waals surface area contributed by atoms with Gasteiger partial charge in [-0.15, -0.1) is 0 Å². The average molecular weight is 180 g/mol. The van der Waals surface area contributed by atoms with Gasteiger partial charge in [0.1, 0.15) is 0 Å². The molecule has 2 heteroatoms. The fraction of sp³-hybridized carbons (Fsp3) is 0.727. The van der Waals surface area contributed by atoms with E-state index in [-0.39, 0.29) is 11.1 Å². The van der Waals surface area contributed by atoms with Crippen molar-refractivity contribution in [3.63, 3.8) is 0 Å². The third-order valence-electron chi connectivity index (χ3n) is 1.74. The number of hydrogen-bond donors (Lipinski definition) is 0. The van der Waals surface area contributed by atoms with Gasteiger partial charge in [-0.1, -0.05) is 0 Å². The fourth-order valence-corrected chi connectivity index (χ4v) is 1.56. The van der Waals surface area contributed by atoms with Crippen LogP contribution in [-0.4, -0.2) is 16.0 Å². The van der Waals surface area contributed by atoms with Gasteiger partial charge < -0.3 is 4.90 Å². The molecule has 0 rings (SSSR count). The van der Waals surface area contributed by atoms with E-state index >= 15 is 0 Å². The number of hydrogen-bond acceptors (Lipinski definition) is 2. The Labute approximate surface area is 81.9 Å². The molecule has 0 atom stereocenters. The maximum Gasteiger partial charge on any atom is 0.0927 e.